The molecule has 0 aromatic heterocycles. The van der Waals surface area contributed by atoms with Crippen molar-refractivity contribution in [1.29, 1.82) is 0 Å². The summed E-state index contributed by atoms with van der Waals surface area (Å²) in [4.78, 5) is 39.9. The predicted molar refractivity (Wildman–Crippen MR) is 311 cm³/mol. The minimum absolute atomic E-state index is 0.0346. The second-order valence-electron chi connectivity index (χ2n) is 20.8. The number of allylic oxidation sites excluding steroid dienone is 15. The minimum Gasteiger partial charge on any atom is -0.756 e. The lowest BCUT2D eigenvalue weighted by Crippen LogP contribution is -2.47. The van der Waals surface area contributed by atoms with E-state index in [4.69, 9.17) is 13.8 Å². The number of rotatable bonds is 52. The third-order valence-electron chi connectivity index (χ3n) is 12.5. The highest BCUT2D eigenvalue weighted by molar-refractivity contribution is 7.45. The molecule has 0 saturated carbocycles. The third kappa shape index (κ3) is 53.6. The third-order valence-corrected chi connectivity index (χ3v) is 13.5. The second-order valence-corrected chi connectivity index (χ2v) is 22.2. The van der Waals surface area contributed by atoms with E-state index in [9.17, 15) is 19.0 Å². The molecule has 0 spiro atoms. The van der Waals surface area contributed by atoms with E-state index >= 15 is 0 Å². The highest BCUT2D eigenvalue weighted by Crippen LogP contribution is 2.38. The van der Waals surface area contributed by atoms with Gasteiger partial charge in [0.2, 0.25) is 5.91 Å². The van der Waals surface area contributed by atoms with E-state index in [1.807, 2.05) is 33.3 Å². The number of quaternary nitrogens is 1. The Labute approximate surface area is 449 Å². The number of nitrogens with one attached hydrogen (secondary N) is 1. The van der Waals surface area contributed by atoms with Crippen molar-refractivity contribution in [2.75, 3.05) is 40.9 Å². The molecule has 0 aliphatic carbocycles. The molecule has 3 atom stereocenters. The van der Waals surface area contributed by atoms with Gasteiger partial charge in [-0.05, 0) is 109 Å². The predicted octanol–water partition coefficient (Wildman–Crippen LogP) is 17.4. The molecule has 73 heavy (non-hydrogen) atoms. The molecular formula is C63H111N2O7P. The van der Waals surface area contributed by atoms with Crippen LogP contribution in [-0.2, 0) is 27.9 Å². The summed E-state index contributed by atoms with van der Waals surface area (Å²) in [5, 5.41) is 3.00. The van der Waals surface area contributed by atoms with Crippen molar-refractivity contribution in [2.45, 2.75) is 251 Å². The standard InChI is InChI=1S/C63H111N2O7P/c1-7-10-13-16-19-22-25-27-29-30-31-32-33-34-36-38-41-44-47-50-53-56-63(67)72-61(54-51-48-45-42-39-24-21-18-15-12-9-3)60(59-71-73(68,69)70-58-57-65(4,5)6)64-62(66)55-52-49-46-43-40-37-35-28-26-23-20-17-14-11-8-2/h10,13,19,22-23,26-27,29,31-32,34,36,41,44,51,54,60-61H,7-9,11-12,14-18,20-21,24-25,28,30,33,35,37-40,42-43,45-50,52-53,55-59H2,1-6H3,(H-,64,66,68,69)/b13-10-,22-19-,26-23-,29-27-,32-31-,36-34-,44-41-,54-51-. The largest absolute Gasteiger partial charge is 0.756 e. The van der Waals surface area contributed by atoms with Gasteiger partial charge in [0.15, 0.2) is 0 Å². The Bertz CT molecular complexity index is 1570. The van der Waals surface area contributed by atoms with Crippen LogP contribution in [0.25, 0.3) is 0 Å². The topological polar surface area (TPSA) is 114 Å². The lowest BCUT2D eigenvalue weighted by Gasteiger charge is -2.30. The van der Waals surface area contributed by atoms with Crippen LogP contribution in [-0.4, -0.2) is 69.4 Å². The van der Waals surface area contributed by atoms with Crippen LogP contribution >= 0.6 is 7.82 Å². The van der Waals surface area contributed by atoms with Gasteiger partial charge in [0, 0.05) is 12.8 Å². The fourth-order valence-corrected chi connectivity index (χ4v) is 8.65. The number of hydrogen-bond donors (Lipinski definition) is 1. The molecule has 420 valence electrons. The molecule has 1 N–H and O–H groups in total. The number of carbonyl (C=O) groups excluding carboxylic acids is 2. The summed E-state index contributed by atoms with van der Waals surface area (Å²) in [6.07, 6.45) is 69.5. The Kier molecular flexibility index (Phi) is 50.2. The number of phosphoric ester groups is 1. The molecule has 0 aromatic rings. The number of nitrogens with zero attached hydrogens (tertiary/aromatic N) is 1. The molecule has 1 amide bonds. The van der Waals surface area contributed by atoms with Crippen LogP contribution in [0.1, 0.15) is 239 Å². The van der Waals surface area contributed by atoms with Crippen LogP contribution in [0.15, 0.2) is 97.2 Å². The number of amides is 1. The molecule has 0 saturated heterocycles. The Morgan fingerprint density at radius 1 is 0.493 bits per heavy atom. The maximum absolute atomic E-state index is 13.5. The van der Waals surface area contributed by atoms with Crippen molar-refractivity contribution in [3.63, 3.8) is 0 Å². The van der Waals surface area contributed by atoms with Crippen LogP contribution in [0.5, 0.6) is 0 Å². The minimum atomic E-state index is -4.71. The first kappa shape index (κ1) is 69.9. The highest BCUT2D eigenvalue weighted by Gasteiger charge is 2.27. The normalized spacial score (nSPS) is 14.5. The summed E-state index contributed by atoms with van der Waals surface area (Å²) in [5.41, 5.74) is 0. The van der Waals surface area contributed by atoms with Crippen molar-refractivity contribution in [2.24, 2.45) is 0 Å². The molecule has 0 rings (SSSR count). The monoisotopic (exact) mass is 1040 g/mol. The number of esters is 1. The zero-order valence-corrected chi connectivity index (χ0v) is 48.7. The van der Waals surface area contributed by atoms with Gasteiger partial charge in [-0.15, -0.1) is 0 Å². The SMILES string of the molecule is CC/C=C\C/C=C\C/C=C\C/C=C\C/C=C\C/C=C\CCCCC(=O)OC(/C=C\CCCCCCCCCCC)C(COP(=O)([O-])OCC[N+](C)(C)C)NC(=O)CCCCCCCCC/C=C\CCCCCC. The summed E-state index contributed by atoms with van der Waals surface area (Å²) < 4.78 is 30.2. The van der Waals surface area contributed by atoms with Crippen molar-refractivity contribution in [1.82, 2.24) is 5.32 Å². The molecule has 0 aliphatic heterocycles. The van der Waals surface area contributed by atoms with E-state index in [0.29, 0.717) is 23.9 Å². The molecule has 0 aliphatic rings. The van der Waals surface area contributed by atoms with E-state index in [-0.39, 0.29) is 24.9 Å². The van der Waals surface area contributed by atoms with Gasteiger partial charge in [-0.2, -0.15) is 0 Å². The van der Waals surface area contributed by atoms with E-state index in [2.05, 4.69) is 111 Å². The number of carbonyl (C=O) groups is 2. The van der Waals surface area contributed by atoms with Gasteiger partial charge in [0.25, 0.3) is 7.82 Å². The van der Waals surface area contributed by atoms with Gasteiger partial charge in [0.1, 0.15) is 19.3 Å². The number of ether oxygens (including phenoxy) is 1. The van der Waals surface area contributed by atoms with Crippen molar-refractivity contribution in [3.05, 3.63) is 97.2 Å². The van der Waals surface area contributed by atoms with Crippen LogP contribution < -0.4 is 10.2 Å². The lowest BCUT2D eigenvalue weighted by atomic mass is 10.1. The van der Waals surface area contributed by atoms with Gasteiger partial charge in [-0.3, -0.25) is 14.2 Å². The fraction of sp³-hybridized carbons (Fsp3) is 0.714. The molecule has 0 fully saturated rings. The Morgan fingerprint density at radius 3 is 1.36 bits per heavy atom. The first-order valence-corrected chi connectivity index (χ1v) is 31.0. The van der Waals surface area contributed by atoms with E-state index in [1.165, 1.54) is 96.3 Å². The van der Waals surface area contributed by atoms with E-state index in [0.717, 1.165) is 103 Å². The Balaban J connectivity index is 5.36. The zero-order valence-electron chi connectivity index (χ0n) is 47.8. The molecule has 9 nitrogen and oxygen atoms in total. The highest BCUT2D eigenvalue weighted by atomic mass is 31.2. The number of hydrogen-bond acceptors (Lipinski definition) is 7. The molecule has 3 unspecified atom stereocenters. The van der Waals surface area contributed by atoms with Crippen molar-refractivity contribution in [3.8, 4) is 0 Å². The smallest absolute Gasteiger partial charge is 0.306 e. The fourth-order valence-electron chi connectivity index (χ4n) is 7.93. The zero-order chi connectivity index (χ0) is 53.6. The van der Waals surface area contributed by atoms with Crippen LogP contribution in [0.3, 0.4) is 0 Å². The molecule has 0 aromatic carbocycles. The van der Waals surface area contributed by atoms with Crippen LogP contribution in [0.2, 0.25) is 0 Å². The first-order valence-electron chi connectivity index (χ1n) is 29.5. The lowest BCUT2D eigenvalue weighted by molar-refractivity contribution is -0.870. The summed E-state index contributed by atoms with van der Waals surface area (Å²) in [6, 6.07) is -0.913. The maximum atomic E-state index is 13.5. The van der Waals surface area contributed by atoms with Crippen molar-refractivity contribution >= 4 is 19.7 Å². The van der Waals surface area contributed by atoms with Crippen molar-refractivity contribution < 1.29 is 37.3 Å². The summed E-state index contributed by atoms with van der Waals surface area (Å²) >= 11 is 0. The maximum Gasteiger partial charge on any atom is 0.306 e. The molecule has 0 radical (unpaired) electrons. The van der Waals surface area contributed by atoms with Gasteiger partial charge in [-0.1, -0.05) is 215 Å². The molecule has 0 heterocycles. The molecular weight excluding hydrogens is 928 g/mol. The molecule has 10 heteroatoms. The Hall–Kier alpha value is -3.07. The van der Waals surface area contributed by atoms with E-state index in [1.54, 1.807) is 0 Å². The Morgan fingerprint density at radius 2 is 0.877 bits per heavy atom. The van der Waals surface area contributed by atoms with Gasteiger partial charge >= 0.3 is 5.97 Å². The van der Waals surface area contributed by atoms with Gasteiger partial charge in [-0.25, -0.2) is 0 Å². The van der Waals surface area contributed by atoms with E-state index < -0.39 is 26.6 Å². The first-order chi connectivity index (χ1) is 35.4. The average molecular weight is 1040 g/mol. The summed E-state index contributed by atoms with van der Waals surface area (Å²) in [5.74, 6) is -0.603. The second kappa shape index (κ2) is 52.4. The number of phosphoric acid groups is 1. The van der Waals surface area contributed by atoms with Crippen LogP contribution in [0, 0.1) is 0 Å². The quantitative estimate of drug-likeness (QED) is 0.0212. The summed E-state index contributed by atoms with van der Waals surface area (Å²) in [7, 11) is 1.15. The number of likely N-dealkylation sites (N-methyl/N-ethyl adjacent to an activating group) is 1. The average Bonchev–Trinajstić information content (AvgIpc) is 3.35. The van der Waals surface area contributed by atoms with Gasteiger partial charge in [0.05, 0.1) is 33.8 Å². The summed E-state index contributed by atoms with van der Waals surface area (Å²) in [6.45, 7) is 6.66. The van der Waals surface area contributed by atoms with Crippen LogP contribution in [0.4, 0.5) is 0 Å². The van der Waals surface area contributed by atoms with Gasteiger partial charge < -0.3 is 28.5 Å². The number of unbranched alkanes of at least 4 members (excludes halogenated alkanes) is 22. The molecule has 0 bridgehead atoms.